The fraction of sp³-hybridized carbons (Fsp3) is 0.385. The summed E-state index contributed by atoms with van der Waals surface area (Å²) in [5.41, 5.74) is 4.12. The number of aryl methyl sites for hydroxylation is 2. The first kappa shape index (κ1) is 22.5. The minimum atomic E-state index is -0.0497. The van der Waals surface area contributed by atoms with Gasteiger partial charge in [-0.15, -0.1) is 11.8 Å². The lowest BCUT2D eigenvalue weighted by atomic mass is 10.1. The number of aromatic nitrogens is 1. The number of piperidine rings is 1. The predicted molar refractivity (Wildman–Crippen MR) is 131 cm³/mol. The molecule has 2 aromatic carbocycles. The van der Waals surface area contributed by atoms with Gasteiger partial charge in [-0.25, -0.2) is 0 Å². The first-order chi connectivity index (χ1) is 15.5. The second-order valence-electron chi connectivity index (χ2n) is 8.49. The molecule has 6 heteroatoms. The number of carbonyl (C=O) groups excluding carboxylic acids is 2. The summed E-state index contributed by atoms with van der Waals surface area (Å²) < 4.78 is 2.17. The Morgan fingerprint density at radius 1 is 1.00 bits per heavy atom. The minimum absolute atomic E-state index is 0.0497. The van der Waals surface area contributed by atoms with Crippen LogP contribution in [0.3, 0.4) is 0 Å². The Kier molecular flexibility index (Phi) is 7.20. The van der Waals surface area contributed by atoms with Crippen LogP contribution in [0.1, 0.15) is 40.7 Å². The monoisotopic (exact) mass is 449 g/mol. The standard InChI is InChI=1S/C26H31N3O2S/c1-19-10-11-21(16-20(19)2)26(31)27-12-15-29-17-24(22-8-4-5-9-23(22)29)32-18-25(30)28-13-6-3-7-14-28/h4-5,8-11,16-17H,3,6-7,12-15,18H2,1-2H3,(H,27,31). The number of benzene rings is 2. The largest absolute Gasteiger partial charge is 0.350 e. The highest BCUT2D eigenvalue weighted by Crippen LogP contribution is 2.30. The zero-order chi connectivity index (χ0) is 22.5. The van der Waals surface area contributed by atoms with Crippen molar-refractivity contribution in [2.75, 3.05) is 25.4 Å². The summed E-state index contributed by atoms with van der Waals surface area (Å²) in [4.78, 5) is 28.2. The van der Waals surface area contributed by atoms with Crippen molar-refractivity contribution >= 4 is 34.5 Å². The maximum Gasteiger partial charge on any atom is 0.251 e. The zero-order valence-corrected chi connectivity index (χ0v) is 19.7. The van der Waals surface area contributed by atoms with Gasteiger partial charge < -0.3 is 14.8 Å². The van der Waals surface area contributed by atoms with Gasteiger partial charge in [-0.2, -0.15) is 0 Å². The van der Waals surface area contributed by atoms with Gasteiger partial charge in [-0.05, 0) is 62.4 Å². The number of carbonyl (C=O) groups is 2. The number of amides is 2. The quantitative estimate of drug-likeness (QED) is 0.528. The van der Waals surface area contributed by atoms with E-state index >= 15 is 0 Å². The molecule has 3 aromatic rings. The van der Waals surface area contributed by atoms with Crippen molar-refractivity contribution in [2.45, 2.75) is 44.6 Å². The molecule has 2 amide bonds. The lowest BCUT2D eigenvalue weighted by Crippen LogP contribution is -2.36. The van der Waals surface area contributed by atoms with Crippen molar-refractivity contribution < 1.29 is 9.59 Å². The Hall–Kier alpha value is -2.73. The highest BCUT2D eigenvalue weighted by atomic mass is 32.2. The van der Waals surface area contributed by atoms with Crippen molar-refractivity contribution in [3.8, 4) is 0 Å². The molecule has 1 saturated heterocycles. The van der Waals surface area contributed by atoms with Gasteiger partial charge in [-0.3, -0.25) is 9.59 Å². The third-order valence-corrected chi connectivity index (χ3v) is 7.25. The molecule has 0 aliphatic carbocycles. The number of para-hydroxylation sites is 1. The summed E-state index contributed by atoms with van der Waals surface area (Å²) in [6.45, 7) is 7.07. The highest BCUT2D eigenvalue weighted by molar-refractivity contribution is 8.00. The molecule has 0 atom stereocenters. The second kappa shape index (κ2) is 10.3. The maximum atomic E-state index is 12.6. The normalized spacial score (nSPS) is 14.0. The van der Waals surface area contributed by atoms with Crippen LogP contribution in [0.4, 0.5) is 0 Å². The third kappa shape index (κ3) is 5.18. The summed E-state index contributed by atoms with van der Waals surface area (Å²) in [7, 11) is 0. The molecule has 2 heterocycles. The number of rotatable bonds is 7. The van der Waals surface area contributed by atoms with Gasteiger partial charge in [0.05, 0.1) is 5.75 Å². The van der Waals surface area contributed by atoms with E-state index in [-0.39, 0.29) is 11.8 Å². The number of thioether (sulfide) groups is 1. The fourth-order valence-corrected chi connectivity index (χ4v) is 5.15. The Morgan fingerprint density at radius 2 is 1.78 bits per heavy atom. The number of hydrogen-bond acceptors (Lipinski definition) is 3. The molecular formula is C26H31N3O2S. The smallest absolute Gasteiger partial charge is 0.251 e. The van der Waals surface area contributed by atoms with Gasteiger partial charge >= 0.3 is 0 Å². The average Bonchev–Trinajstić information content (AvgIpc) is 3.17. The van der Waals surface area contributed by atoms with Crippen LogP contribution in [0.2, 0.25) is 0 Å². The fourth-order valence-electron chi connectivity index (χ4n) is 4.16. The van der Waals surface area contributed by atoms with Gasteiger partial charge in [0.2, 0.25) is 5.91 Å². The second-order valence-corrected chi connectivity index (χ2v) is 9.51. The number of hydrogen-bond donors (Lipinski definition) is 1. The molecular weight excluding hydrogens is 418 g/mol. The minimum Gasteiger partial charge on any atom is -0.350 e. The summed E-state index contributed by atoms with van der Waals surface area (Å²) in [6.07, 6.45) is 5.57. The van der Waals surface area contributed by atoms with E-state index in [0.717, 1.165) is 47.3 Å². The number of nitrogens with zero attached hydrogens (tertiary/aromatic N) is 2. The summed E-state index contributed by atoms with van der Waals surface area (Å²) in [6, 6.07) is 14.0. The first-order valence-corrected chi connectivity index (χ1v) is 12.4. The lowest BCUT2D eigenvalue weighted by molar-refractivity contribution is -0.129. The van der Waals surface area contributed by atoms with Crippen molar-refractivity contribution in [3.63, 3.8) is 0 Å². The van der Waals surface area contributed by atoms with Crippen LogP contribution in [0.5, 0.6) is 0 Å². The topological polar surface area (TPSA) is 54.3 Å². The molecule has 4 rings (SSSR count). The van der Waals surface area contributed by atoms with Gasteiger partial charge in [0.25, 0.3) is 5.91 Å². The number of likely N-dealkylation sites (tertiary alicyclic amines) is 1. The van der Waals surface area contributed by atoms with E-state index in [1.165, 1.54) is 12.0 Å². The van der Waals surface area contributed by atoms with Crippen molar-refractivity contribution in [3.05, 3.63) is 65.4 Å². The first-order valence-electron chi connectivity index (χ1n) is 11.4. The summed E-state index contributed by atoms with van der Waals surface area (Å²) in [5, 5.41) is 4.19. The van der Waals surface area contributed by atoms with E-state index in [1.807, 2.05) is 49.1 Å². The SMILES string of the molecule is Cc1ccc(C(=O)NCCn2cc(SCC(=O)N3CCCCC3)c3ccccc32)cc1C. The molecule has 1 aromatic heterocycles. The molecule has 0 radical (unpaired) electrons. The summed E-state index contributed by atoms with van der Waals surface area (Å²) in [5.74, 6) is 0.649. The molecule has 0 bridgehead atoms. The number of fused-ring (bicyclic) bond motifs is 1. The molecule has 32 heavy (non-hydrogen) atoms. The van der Waals surface area contributed by atoms with E-state index < -0.39 is 0 Å². The Balaban J connectivity index is 1.39. The van der Waals surface area contributed by atoms with Crippen LogP contribution in [0.25, 0.3) is 10.9 Å². The Morgan fingerprint density at radius 3 is 2.56 bits per heavy atom. The average molecular weight is 450 g/mol. The molecule has 168 valence electrons. The van der Waals surface area contributed by atoms with Gasteiger partial charge in [0.15, 0.2) is 0 Å². The van der Waals surface area contributed by atoms with Crippen molar-refractivity contribution in [1.29, 1.82) is 0 Å². The van der Waals surface area contributed by atoms with Gasteiger partial charge in [0.1, 0.15) is 0 Å². The maximum absolute atomic E-state index is 12.6. The lowest BCUT2D eigenvalue weighted by Gasteiger charge is -2.26. The van der Waals surface area contributed by atoms with E-state index in [9.17, 15) is 9.59 Å². The van der Waals surface area contributed by atoms with E-state index in [4.69, 9.17) is 0 Å². The van der Waals surface area contributed by atoms with Gasteiger partial charge in [-0.1, -0.05) is 24.3 Å². The Bertz CT molecular complexity index is 1120. The van der Waals surface area contributed by atoms with Gasteiger partial charge in [0, 0.05) is 53.7 Å². The number of nitrogens with one attached hydrogen (secondary N) is 1. The molecule has 1 N–H and O–H groups in total. The molecule has 1 fully saturated rings. The molecule has 0 saturated carbocycles. The molecule has 5 nitrogen and oxygen atoms in total. The van der Waals surface area contributed by atoms with Crippen LogP contribution in [-0.4, -0.2) is 46.7 Å². The van der Waals surface area contributed by atoms with Crippen molar-refractivity contribution in [1.82, 2.24) is 14.8 Å². The van der Waals surface area contributed by atoms with Crippen LogP contribution in [0.15, 0.2) is 53.6 Å². The third-order valence-electron chi connectivity index (χ3n) is 6.22. The van der Waals surface area contributed by atoms with Crippen LogP contribution < -0.4 is 5.32 Å². The van der Waals surface area contributed by atoms with E-state index in [0.29, 0.717) is 24.4 Å². The zero-order valence-electron chi connectivity index (χ0n) is 18.9. The van der Waals surface area contributed by atoms with Crippen LogP contribution in [0, 0.1) is 13.8 Å². The summed E-state index contributed by atoms with van der Waals surface area (Å²) >= 11 is 1.61. The predicted octanol–water partition coefficient (Wildman–Crippen LogP) is 4.79. The molecule has 0 unspecified atom stereocenters. The van der Waals surface area contributed by atoms with Crippen molar-refractivity contribution in [2.24, 2.45) is 0 Å². The Labute approximate surface area is 194 Å². The molecule has 0 spiro atoms. The van der Waals surface area contributed by atoms with E-state index in [2.05, 4.69) is 28.2 Å². The molecule has 1 aliphatic heterocycles. The van der Waals surface area contributed by atoms with E-state index in [1.54, 1.807) is 11.8 Å². The van der Waals surface area contributed by atoms with Crippen LogP contribution >= 0.6 is 11.8 Å². The van der Waals surface area contributed by atoms with Crippen LogP contribution in [-0.2, 0) is 11.3 Å². The highest BCUT2D eigenvalue weighted by Gasteiger charge is 2.18. The molecule has 1 aliphatic rings.